The second-order valence-corrected chi connectivity index (χ2v) is 5.27. The van der Waals surface area contributed by atoms with Crippen LogP contribution in [-0.4, -0.2) is 58.1 Å². The molecule has 118 valence electrons. The Balaban J connectivity index is 2.03. The molecule has 0 atom stereocenters. The third-order valence-corrected chi connectivity index (χ3v) is 3.29. The van der Waals surface area contributed by atoms with Crippen LogP contribution in [0.5, 0.6) is 0 Å². The highest BCUT2D eigenvalue weighted by Crippen LogP contribution is 2.15. The van der Waals surface area contributed by atoms with Gasteiger partial charge >= 0.3 is 17.8 Å². The Hall–Kier alpha value is -2.64. The van der Waals surface area contributed by atoms with E-state index in [1.165, 1.54) is 18.2 Å². The number of nitrogens with zero attached hydrogens (tertiary/aromatic N) is 3. The zero-order valence-corrected chi connectivity index (χ0v) is 12.6. The first-order valence-corrected chi connectivity index (χ1v) is 6.78. The van der Waals surface area contributed by atoms with Crippen LogP contribution in [0.1, 0.15) is 19.6 Å². The number of rotatable bonds is 5. The summed E-state index contributed by atoms with van der Waals surface area (Å²) in [6, 6.07) is 2.20. The summed E-state index contributed by atoms with van der Waals surface area (Å²) in [4.78, 5) is 50.6. The third kappa shape index (κ3) is 2.85. The van der Waals surface area contributed by atoms with E-state index in [4.69, 9.17) is 4.42 Å². The number of urea groups is 1. The van der Waals surface area contributed by atoms with E-state index in [2.05, 4.69) is 0 Å². The van der Waals surface area contributed by atoms with Crippen molar-refractivity contribution in [3.63, 3.8) is 0 Å². The van der Waals surface area contributed by atoms with E-state index in [1.807, 2.05) is 0 Å². The lowest BCUT2D eigenvalue weighted by Crippen LogP contribution is -2.42. The van der Waals surface area contributed by atoms with Crippen LogP contribution in [0.4, 0.5) is 4.79 Å². The van der Waals surface area contributed by atoms with Gasteiger partial charge in [-0.2, -0.15) is 0 Å². The van der Waals surface area contributed by atoms with Crippen molar-refractivity contribution in [1.29, 1.82) is 0 Å². The molecule has 1 fully saturated rings. The molecule has 0 saturated carbocycles. The molecule has 1 aromatic rings. The van der Waals surface area contributed by atoms with E-state index in [1.54, 1.807) is 26.0 Å². The maximum atomic E-state index is 12.1. The molecule has 1 aliphatic heterocycles. The molecule has 8 nitrogen and oxygen atoms in total. The molecule has 1 aliphatic rings. The van der Waals surface area contributed by atoms with Crippen molar-refractivity contribution in [2.75, 3.05) is 13.6 Å². The van der Waals surface area contributed by atoms with Gasteiger partial charge in [-0.3, -0.25) is 19.3 Å². The topological polar surface area (TPSA) is 91.1 Å². The number of furan rings is 1. The summed E-state index contributed by atoms with van der Waals surface area (Å²) in [7, 11) is 1.53. The van der Waals surface area contributed by atoms with Crippen LogP contribution in [0.15, 0.2) is 22.8 Å². The number of likely N-dealkylation sites (N-methyl/N-ethyl adjacent to an activating group) is 1. The van der Waals surface area contributed by atoms with Gasteiger partial charge in [-0.25, -0.2) is 9.69 Å². The molecule has 2 rings (SSSR count). The maximum absolute atomic E-state index is 12.1. The Morgan fingerprint density at radius 2 is 1.95 bits per heavy atom. The van der Waals surface area contributed by atoms with Crippen LogP contribution in [-0.2, 0) is 20.9 Å². The molecule has 5 amide bonds. The standard InChI is InChI=1S/C14H17N3O5/c1-9(2)17-13(20)12(19)16(14(17)21)8-11(18)15(3)7-10-5-4-6-22-10/h4-6,9H,7-8H2,1-3H3. The van der Waals surface area contributed by atoms with Crippen molar-refractivity contribution in [3.05, 3.63) is 24.2 Å². The van der Waals surface area contributed by atoms with Crippen molar-refractivity contribution in [2.45, 2.75) is 26.4 Å². The predicted octanol–water partition coefficient (Wildman–Crippen LogP) is 0.437. The number of carbonyl (C=O) groups is 4. The number of hydrogen-bond acceptors (Lipinski definition) is 5. The van der Waals surface area contributed by atoms with Crippen molar-refractivity contribution < 1.29 is 23.6 Å². The van der Waals surface area contributed by atoms with Crippen LogP contribution in [0, 0.1) is 0 Å². The summed E-state index contributed by atoms with van der Waals surface area (Å²) in [6.45, 7) is 2.99. The number of amides is 5. The van der Waals surface area contributed by atoms with Gasteiger partial charge in [0.15, 0.2) is 0 Å². The first kappa shape index (κ1) is 15.7. The fourth-order valence-electron chi connectivity index (χ4n) is 2.10. The van der Waals surface area contributed by atoms with Gasteiger partial charge in [-0.15, -0.1) is 0 Å². The molecule has 0 radical (unpaired) electrons. The largest absolute Gasteiger partial charge is 0.467 e. The van der Waals surface area contributed by atoms with Crippen LogP contribution >= 0.6 is 0 Å². The van der Waals surface area contributed by atoms with Crippen LogP contribution in [0.3, 0.4) is 0 Å². The molecule has 0 N–H and O–H groups in total. The lowest BCUT2D eigenvalue weighted by Gasteiger charge is -2.20. The van der Waals surface area contributed by atoms with Crippen molar-refractivity contribution in [3.8, 4) is 0 Å². The highest BCUT2D eigenvalue weighted by atomic mass is 16.3. The number of carbonyl (C=O) groups excluding carboxylic acids is 4. The summed E-state index contributed by atoms with van der Waals surface area (Å²) in [5, 5.41) is 0. The fourth-order valence-corrected chi connectivity index (χ4v) is 2.10. The monoisotopic (exact) mass is 307 g/mol. The summed E-state index contributed by atoms with van der Waals surface area (Å²) in [5.41, 5.74) is 0. The van der Waals surface area contributed by atoms with Gasteiger partial charge in [0, 0.05) is 13.1 Å². The predicted molar refractivity (Wildman–Crippen MR) is 74.3 cm³/mol. The van der Waals surface area contributed by atoms with Gasteiger partial charge in [0.05, 0.1) is 12.8 Å². The van der Waals surface area contributed by atoms with Crippen LogP contribution < -0.4 is 0 Å². The SMILES string of the molecule is CC(C)N1C(=O)C(=O)N(CC(=O)N(C)Cc2ccco2)C1=O. The fraction of sp³-hybridized carbons (Fsp3) is 0.429. The average molecular weight is 307 g/mol. The molecular formula is C14H17N3O5. The Kier molecular flexibility index (Phi) is 4.30. The van der Waals surface area contributed by atoms with Crippen LogP contribution in [0.2, 0.25) is 0 Å². The molecule has 0 bridgehead atoms. The zero-order chi connectivity index (χ0) is 16.4. The summed E-state index contributed by atoms with van der Waals surface area (Å²) in [5.74, 6) is -1.76. The molecule has 8 heteroatoms. The Bertz CT molecular complexity index is 608. The van der Waals surface area contributed by atoms with Gasteiger partial charge in [-0.1, -0.05) is 0 Å². The van der Waals surface area contributed by atoms with Crippen molar-refractivity contribution in [1.82, 2.24) is 14.7 Å². The number of imide groups is 2. The molecule has 0 aromatic carbocycles. The Labute approximate surface area is 127 Å². The average Bonchev–Trinajstić information content (AvgIpc) is 3.01. The maximum Gasteiger partial charge on any atom is 0.334 e. The quantitative estimate of drug-likeness (QED) is 0.581. The van der Waals surface area contributed by atoms with E-state index in [0.717, 1.165) is 4.90 Å². The van der Waals surface area contributed by atoms with E-state index < -0.39 is 36.3 Å². The van der Waals surface area contributed by atoms with Gasteiger partial charge in [0.1, 0.15) is 12.3 Å². The van der Waals surface area contributed by atoms with Gasteiger partial charge in [0.25, 0.3) is 0 Å². The smallest absolute Gasteiger partial charge is 0.334 e. The number of hydrogen-bond donors (Lipinski definition) is 0. The minimum Gasteiger partial charge on any atom is -0.467 e. The normalized spacial score (nSPS) is 15.2. The molecule has 0 unspecified atom stereocenters. The van der Waals surface area contributed by atoms with E-state index in [-0.39, 0.29) is 6.54 Å². The van der Waals surface area contributed by atoms with Crippen LogP contribution in [0.25, 0.3) is 0 Å². The summed E-state index contributed by atoms with van der Waals surface area (Å²) in [6.07, 6.45) is 1.49. The molecular weight excluding hydrogens is 290 g/mol. The second-order valence-electron chi connectivity index (χ2n) is 5.27. The van der Waals surface area contributed by atoms with Crippen molar-refractivity contribution in [2.24, 2.45) is 0 Å². The van der Waals surface area contributed by atoms with Crippen molar-refractivity contribution >= 4 is 23.8 Å². The lowest BCUT2D eigenvalue weighted by atomic mass is 10.3. The van der Waals surface area contributed by atoms with E-state index >= 15 is 0 Å². The first-order valence-electron chi connectivity index (χ1n) is 6.78. The zero-order valence-electron chi connectivity index (χ0n) is 12.6. The Morgan fingerprint density at radius 3 is 2.45 bits per heavy atom. The lowest BCUT2D eigenvalue weighted by molar-refractivity contribution is -0.145. The molecule has 22 heavy (non-hydrogen) atoms. The first-order chi connectivity index (χ1) is 10.3. The third-order valence-electron chi connectivity index (χ3n) is 3.29. The summed E-state index contributed by atoms with van der Waals surface area (Å²) < 4.78 is 5.13. The van der Waals surface area contributed by atoms with E-state index in [9.17, 15) is 19.2 Å². The van der Waals surface area contributed by atoms with E-state index in [0.29, 0.717) is 10.7 Å². The molecule has 1 aromatic heterocycles. The Morgan fingerprint density at radius 1 is 1.27 bits per heavy atom. The van der Waals surface area contributed by atoms with Gasteiger partial charge in [-0.05, 0) is 26.0 Å². The molecule has 0 aliphatic carbocycles. The van der Waals surface area contributed by atoms with Gasteiger partial charge in [0.2, 0.25) is 5.91 Å². The molecule has 2 heterocycles. The molecule has 0 spiro atoms. The second kappa shape index (κ2) is 6.00. The molecule has 1 saturated heterocycles. The minimum absolute atomic E-state index is 0.212. The minimum atomic E-state index is -0.974. The highest BCUT2D eigenvalue weighted by Gasteiger charge is 2.46. The summed E-state index contributed by atoms with van der Waals surface area (Å²) >= 11 is 0. The highest BCUT2D eigenvalue weighted by molar-refractivity contribution is 6.45. The van der Waals surface area contributed by atoms with Gasteiger partial charge < -0.3 is 9.32 Å².